The first-order valence-corrected chi connectivity index (χ1v) is 14.3. The summed E-state index contributed by atoms with van der Waals surface area (Å²) in [4.78, 5) is 22.6. The van der Waals surface area contributed by atoms with E-state index in [4.69, 9.17) is 27.0 Å². The Morgan fingerprint density at radius 1 is 1.10 bits per heavy atom. The van der Waals surface area contributed by atoms with Crippen LogP contribution in [0.4, 0.5) is 24.5 Å². The second-order valence-corrected chi connectivity index (χ2v) is 11.7. The molecule has 3 saturated heterocycles. The molecule has 41 heavy (non-hydrogen) atoms. The van der Waals surface area contributed by atoms with Crippen molar-refractivity contribution in [2.24, 2.45) is 5.41 Å². The Kier molecular flexibility index (Phi) is 7.16. The Morgan fingerprint density at radius 2 is 1.83 bits per heavy atom. The lowest BCUT2D eigenvalue weighted by Crippen LogP contribution is -2.55. The molecule has 0 radical (unpaired) electrons. The number of piperidine rings is 1. The molecule has 2 aromatic rings. The maximum atomic E-state index is 13.6. The van der Waals surface area contributed by atoms with E-state index >= 15 is 0 Å². The first-order valence-electron chi connectivity index (χ1n) is 13.8. The van der Waals surface area contributed by atoms with E-state index in [-0.39, 0.29) is 16.7 Å². The molecule has 1 aromatic heterocycles. The monoisotopic (exact) mass is 585 g/mol. The van der Waals surface area contributed by atoms with Gasteiger partial charge in [-0.25, -0.2) is 4.98 Å². The highest BCUT2D eigenvalue weighted by Crippen LogP contribution is 2.48. The van der Waals surface area contributed by atoms with Crippen LogP contribution in [-0.2, 0) is 15.7 Å². The maximum absolute atomic E-state index is 13.6. The summed E-state index contributed by atoms with van der Waals surface area (Å²) in [6.45, 7) is 5.23. The zero-order valence-electron chi connectivity index (χ0n) is 22.5. The molecule has 1 saturated carbocycles. The van der Waals surface area contributed by atoms with Crippen LogP contribution in [-0.4, -0.2) is 65.9 Å². The fourth-order valence-corrected chi connectivity index (χ4v) is 6.84. The number of hydrogen-bond donors (Lipinski definition) is 0. The van der Waals surface area contributed by atoms with Gasteiger partial charge in [-0.1, -0.05) is 0 Å². The fourth-order valence-electron chi connectivity index (χ4n) is 6.37. The molecule has 0 atom stereocenters. The molecule has 0 N–H and O–H groups in total. The highest BCUT2D eigenvalue weighted by Gasteiger charge is 2.59. The van der Waals surface area contributed by atoms with Crippen LogP contribution >= 0.6 is 12.2 Å². The molecule has 12 heteroatoms. The molecular weight excluding hydrogens is 555 g/mol. The van der Waals surface area contributed by atoms with Crippen molar-refractivity contribution < 1.29 is 27.4 Å². The summed E-state index contributed by atoms with van der Waals surface area (Å²) in [5.74, 6) is 0.301. The fraction of sp³-hybridized carbons (Fsp3) is 0.517. The average Bonchev–Trinajstić information content (AvgIpc) is 3.49. The van der Waals surface area contributed by atoms with Gasteiger partial charge in [0.15, 0.2) is 10.8 Å². The predicted molar refractivity (Wildman–Crippen MR) is 149 cm³/mol. The third-order valence-corrected chi connectivity index (χ3v) is 9.37. The molecule has 6 rings (SSSR count). The maximum Gasteiger partial charge on any atom is 0.419 e. The van der Waals surface area contributed by atoms with E-state index < -0.39 is 23.0 Å². The summed E-state index contributed by atoms with van der Waals surface area (Å²) in [7, 11) is 0. The van der Waals surface area contributed by atoms with Crippen LogP contribution in [0.15, 0.2) is 36.5 Å². The predicted octanol–water partition coefficient (Wildman–Crippen LogP) is 4.91. The van der Waals surface area contributed by atoms with Gasteiger partial charge in [-0.05, 0) is 99.6 Å². The number of amides is 1. The van der Waals surface area contributed by atoms with Gasteiger partial charge in [-0.15, -0.1) is 0 Å². The van der Waals surface area contributed by atoms with Gasteiger partial charge in [0.25, 0.3) is 5.91 Å². The van der Waals surface area contributed by atoms with Gasteiger partial charge >= 0.3 is 6.18 Å². The van der Waals surface area contributed by atoms with E-state index in [1.165, 1.54) is 6.07 Å². The third-order valence-electron chi connectivity index (χ3n) is 9.01. The van der Waals surface area contributed by atoms with Crippen molar-refractivity contribution in [3.05, 3.63) is 47.8 Å². The lowest BCUT2D eigenvalue weighted by Gasteiger charge is -2.43. The number of likely N-dealkylation sites (tertiary alicyclic amines) is 1. The Balaban J connectivity index is 1.14. The van der Waals surface area contributed by atoms with Gasteiger partial charge in [0.1, 0.15) is 24.0 Å². The normalized spacial score (nSPS) is 21.9. The van der Waals surface area contributed by atoms with Gasteiger partial charge in [0.2, 0.25) is 0 Å². The first kappa shape index (κ1) is 27.9. The molecule has 1 amide bonds. The molecule has 0 unspecified atom stereocenters. The molecule has 4 fully saturated rings. The number of rotatable bonds is 6. The third kappa shape index (κ3) is 4.94. The lowest BCUT2D eigenvalue weighted by molar-refractivity contribution is -0.138. The minimum atomic E-state index is -4.80. The van der Waals surface area contributed by atoms with Crippen molar-refractivity contribution in [1.82, 2.24) is 9.88 Å². The van der Waals surface area contributed by atoms with Crippen molar-refractivity contribution in [2.75, 3.05) is 49.3 Å². The van der Waals surface area contributed by atoms with Gasteiger partial charge in [-0.3, -0.25) is 14.6 Å². The number of aromatic nitrogens is 1. The minimum absolute atomic E-state index is 0.0820. The Bertz CT molecular complexity index is 1370. The van der Waals surface area contributed by atoms with Crippen LogP contribution in [0.5, 0.6) is 5.75 Å². The number of benzene rings is 1. The summed E-state index contributed by atoms with van der Waals surface area (Å²) in [5, 5.41) is 9.18. The van der Waals surface area contributed by atoms with Gasteiger partial charge in [0.05, 0.1) is 24.1 Å². The van der Waals surface area contributed by atoms with Crippen LogP contribution in [0.1, 0.15) is 49.8 Å². The number of carbonyl (C=O) groups excluding carboxylic acids is 1. The molecule has 1 aromatic carbocycles. The van der Waals surface area contributed by atoms with Crippen LogP contribution in [0.3, 0.4) is 0 Å². The molecule has 8 nitrogen and oxygen atoms in total. The number of ether oxygens (including phenoxy) is 2. The minimum Gasteiger partial charge on any atom is -0.492 e. The summed E-state index contributed by atoms with van der Waals surface area (Å²) >= 11 is 5.68. The van der Waals surface area contributed by atoms with Gasteiger partial charge in [-0.2, -0.15) is 18.4 Å². The van der Waals surface area contributed by atoms with Crippen molar-refractivity contribution in [3.63, 3.8) is 0 Å². The van der Waals surface area contributed by atoms with E-state index in [2.05, 4.69) is 9.88 Å². The zero-order chi connectivity index (χ0) is 28.8. The lowest BCUT2D eigenvalue weighted by atomic mass is 9.75. The zero-order valence-corrected chi connectivity index (χ0v) is 23.3. The quantitative estimate of drug-likeness (QED) is 0.443. The molecular formula is C29H30F3N5O3S. The van der Waals surface area contributed by atoms with Crippen molar-refractivity contribution in [1.29, 1.82) is 5.26 Å². The molecule has 2 spiro atoms. The molecule has 4 aliphatic rings. The van der Waals surface area contributed by atoms with Crippen LogP contribution in [0, 0.1) is 16.7 Å². The molecule has 1 aliphatic carbocycles. The number of carbonyl (C=O) groups is 1. The Labute approximate surface area is 241 Å². The number of thiocarbonyl (C=S) groups is 1. The van der Waals surface area contributed by atoms with Gasteiger partial charge in [0, 0.05) is 18.8 Å². The number of pyridine rings is 1. The number of anilines is 2. The smallest absolute Gasteiger partial charge is 0.419 e. The van der Waals surface area contributed by atoms with E-state index in [0.717, 1.165) is 75.7 Å². The Morgan fingerprint density at radius 3 is 2.41 bits per heavy atom. The highest BCUT2D eigenvalue weighted by molar-refractivity contribution is 7.81. The molecule has 3 aliphatic heterocycles. The van der Waals surface area contributed by atoms with E-state index in [9.17, 15) is 18.0 Å². The number of halogens is 3. The number of nitrogens with zero attached hydrogens (tertiary/aromatic N) is 5. The number of nitriles is 1. The SMILES string of the molecule is N#Cc1ncc(N2C(=O)C3(CCC3)N(c3ccc(OCCN4CCC5(CCOC5)CC4)cc3)C2=S)cc1C(F)(F)F. The largest absolute Gasteiger partial charge is 0.492 e. The van der Waals surface area contributed by atoms with Gasteiger partial charge < -0.3 is 14.4 Å². The average molecular weight is 586 g/mol. The van der Waals surface area contributed by atoms with E-state index in [1.54, 1.807) is 4.90 Å². The van der Waals surface area contributed by atoms with Crippen molar-refractivity contribution >= 4 is 34.6 Å². The molecule has 216 valence electrons. The number of hydrogen-bond acceptors (Lipinski definition) is 7. The van der Waals surface area contributed by atoms with E-state index in [0.29, 0.717) is 36.3 Å². The highest BCUT2D eigenvalue weighted by atomic mass is 32.1. The second kappa shape index (κ2) is 10.5. The van der Waals surface area contributed by atoms with Crippen LogP contribution < -0.4 is 14.5 Å². The summed E-state index contributed by atoms with van der Waals surface area (Å²) in [6.07, 6.45) is 1.62. The van der Waals surface area contributed by atoms with Crippen molar-refractivity contribution in [3.8, 4) is 11.8 Å². The standard InChI is InChI=1S/C29H30F3N5O3S/c30-29(31,32)23-16-21(18-34-24(23)17-33)36-25(38)28(6-1-7-28)37(26(36)41)20-2-4-22(5-3-20)40-15-13-35-11-8-27(9-12-35)10-14-39-19-27/h2-5,16,18H,1,6-15,19H2. The van der Waals surface area contributed by atoms with Crippen LogP contribution in [0.25, 0.3) is 0 Å². The van der Waals surface area contributed by atoms with Crippen molar-refractivity contribution in [2.45, 2.75) is 50.2 Å². The summed E-state index contributed by atoms with van der Waals surface area (Å²) in [6, 6.07) is 9.52. The summed E-state index contributed by atoms with van der Waals surface area (Å²) in [5.41, 5.74) is -1.98. The molecule has 0 bridgehead atoms. The number of alkyl halides is 3. The second-order valence-electron chi connectivity index (χ2n) is 11.3. The molecule has 4 heterocycles. The first-order chi connectivity index (χ1) is 19.7. The van der Waals surface area contributed by atoms with E-state index in [1.807, 2.05) is 24.3 Å². The van der Waals surface area contributed by atoms with Crippen LogP contribution in [0.2, 0.25) is 0 Å². The summed E-state index contributed by atoms with van der Waals surface area (Å²) < 4.78 is 52.4. The topological polar surface area (TPSA) is 81.9 Å². The Hall–Kier alpha value is -3.27.